The van der Waals surface area contributed by atoms with Crippen molar-refractivity contribution < 1.29 is 0 Å². The highest BCUT2D eigenvalue weighted by atomic mass is 15.2. The monoisotopic (exact) mass is 410 g/mol. The van der Waals surface area contributed by atoms with E-state index in [2.05, 4.69) is 58.5 Å². The number of hydrogen-bond donors (Lipinski definition) is 2. The van der Waals surface area contributed by atoms with Gasteiger partial charge in [0.15, 0.2) is 5.96 Å². The Kier molecular flexibility index (Phi) is 8.31. The van der Waals surface area contributed by atoms with E-state index < -0.39 is 0 Å². The second-order valence-corrected chi connectivity index (χ2v) is 8.36. The number of aromatic nitrogens is 1. The number of unbranched alkanes of at least 4 members (excludes halogenated alkanes) is 1. The molecule has 1 fully saturated rings. The molecule has 1 aliphatic heterocycles. The molecule has 164 valence electrons. The maximum Gasteiger partial charge on any atom is 0.191 e. The summed E-state index contributed by atoms with van der Waals surface area (Å²) in [4.78, 5) is 14.3. The average Bonchev–Trinajstić information content (AvgIpc) is 2.76. The van der Waals surface area contributed by atoms with Crippen LogP contribution in [0.1, 0.15) is 45.1 Å². The average molecular weight is 411 g/mol. The molecule has 30 heavy (non-hydrogen) atoms. The van der Waals surface area contributed by atoms with E-state index in [0.29, 0.717) is 12.6 Å². The molecule has 2 heterocycles. The molecule has 1 saturated heterocycles. The molecule has 0 aliphatic carbocycles. The third-order valence-corrected chi connectivity index (χ3v) is 5.75. The minimum absolute atomic E-state index is 0.493. The Morgan fingerprint density at radius 1 is 1.20 bits per heavy atom. The van der Waals surface area contributed by atoms with Crippen LogP contribution < -0.4 is 15.5 Å². The van der Waals surface area contributed by atoms with Crippen LogP contribution in [0.3, 0.4) is 0 Å². The lowest BCUT2D eigenvalue weighted by Gasteiger charge is -2.33. The van der Waals surface area contributed by atoms with Crippen LogP contribution in [0.5, 0.6) is 0 Å². The second-order valence-electron chi connectivity index (χ2n) is 8.36. The predicted molar refractivity (Wildman–Crippen MR) is 128 cm³/mol. The van der Waals surface area contributed by atoms with Gasteiger partial charge in [0, 0.05) is 45.2 Å². The van der Waals surface area contributed by atoms with Crippen molar-refractivity contribution in [1.82, 2.24) is 20.5 Å². The summed E-state index contributed by atoms with van der Waals surface area (Å²) in [5, 5.41) is 8.28. The molecule has 0 amide bonds. The van der Waals surface area contributed by atoms with Gasteiger partial charge in [0.25, 0.3) is 0 Å². The number of pyridine rings is 1. The lowest BCUT2D eigenvalue weighted by atomic mass is 10.0. The van der Waals surface area contributed by atoms with Gasteiger partial charge in [0.05, 0.1) is 12.1 Å². The molecule has 0 unspecified atom stereocenters. The van der Waals surface area contributed by atoms with Crippen LogP contribution in [0.4, 0.5) is 5.82 Å². The molecule has 2 aromatic rings. The minimum Gasteiger partial charge on any atom is -0.363 e. The van der Waals surface area contributed by atoms with Gasteiger partial charge in [-0.1, -0.05) is 31.5 Å². The van der Waals surface area contributed by atoms with Crippen LogP contribution in [0.2, 0.25) is 0 Å². The minimum atomic E-state index is 0.493. The Hall–Kier alpha value is -2.34. The van der Waals surface area contributed by atoms with Crippen molar-refractivity contribution in [2.75, 3.05) is 45.2 Å². The third kappa shape index (κ3) is 6.08. The third-order valence-electron chi connectivity index (χ3n) is 5.75. The zero-order valence-electron chi connectivity index (χ0n) is 19.1. The Labute approximate surface area is 181 Å². The van der Waals surface area contributed by atoms with Gasteiger partial charge in [0.2, 0.25) is 0 Å². The van der Waals surface area contributed by atoms with Crippen molar-refractivity contribution in [3.05, 3.63) is 35.9 Å². The number of likely N-dealkylation sites (tertiary alicyclic amines) is 1. The maximum absolute atomic E-state index is 4.93. The number of nitrogens with one attached hydrogen (secondary N) is 2. The quantitative estimate of drug-likeness (QED) is 0.514. The summed E-state index contributed by atoms with van der Waals surface area (Å²) < 4.78 is 0. The summed E-state index contributed by atoms with van der Waals surface area (Å²) in [7, 11) is 4.06. The van der Waals surface area contributed by atoms with E-state index in [0.717, 1.165) is 23.8 Å². The number of benzene rings is 1. The Morgan fingerprint density at radius 2 is 1.97 bits per heavy atom. The fourth-order valence-corrected chi connectivity index (χ4v) is 3.95. The van der Waals surface area contributed by atoms with Crippen molar-refractivity contribution in [3.8, 4) is 0 Å². The van der Waals surface area contributed by atoms with Gasteiger partial charge in [-0.15, -0.1) is 0 Å². The maximum atomic E-state index is 4.93. The van der Waals surface area contributed by atoms with Crippen molar-refractivity contribution in [2.45, 2.75) is 52.1 Å². The molecule has 0 saturated carbocycles. The van der Waals surface area contributed by atoms with Gasteiger partial charge in [0.1, 0.15) is 5.82 Å². The smallest absolute Gasteiger partial charge is 0.191 e. The molecule has 0 atom stereocenters. The van der Waals surface area contributed by atoms with Crippen molar-refractivity contribution >= 4 is 22.7 Å². The van der Waals surface area contributed by atoms with Crippen LogP contribution in [0, 0.1) is 0 Å². The van der Waals surface area contributed by atoms with Gasteiger partial charge in [-0.25, -0.2) is 9.98 Å². The van der Waals surface area contributed by atoms with Crippen LogP contribution in [0.25, 0.3) is 10.9 Å². The molecular weight excluding hydrogens is 372 g/mol. The van der Waals surface area contributed by atoms with Gasteiger partial charge in [-0.2, -0.15) is 0 Å². The first-order chi connectivity index (χ1) is 14.6. The summed E-state index contributed by atoms with van der Waals surface area (Å²) in [5.41, 5.74) is 2.22. The van der Waals surface area contributed by atoms with Crippen molar-refractivity contribution in [3.63, 3.8) is 0 Å². The summed E-state index contributed by atoms with van der Waals surface area (Å²) >= 11 is 0. The summed E-state index contributed by atoms with van der Waals surface area (Å²) in [6.45, 7) is 9.48. The molecule has 6 nitrogen and oxygen atoms in total. The van der Waals surface area contributed by atoms with E-state index in [4.69, 9.17) is 9.98 Å². The van der Waals surface area contributed by atoms with Gasteiger partial charge >= 0.3 is 0 Å². The molecule has 0 radical (unpaired) electrons. The lowest BCUT2D eigenvalue weighted by Crippen LogP contribution is -2.48. The number of nitrogens with zero attached hydrogens (tertiary/aromatic N) is 4. The number of piperidine rings is 1. The molecule has 1 aromatic heterocycles. The lowest BCUT2D eigenvalue weighted by molar-refractivity contribution is 0.203. The number of fused-ring (bicyclic) bond motifs is 1. The number of aliphatic imine (C=N–C) groups is 1. The molecule has 6 heteroatoms. The Bertz CT molecular complexity index is 824. The molecular formula is C24H38N6. The largest absolute Gasteiger partial charge is 0.363 e. The van der Waals surface area contributed by atoms with Gasteiger partial charge < -0.3 is 20.4 Å². The van der Waals surface area contributed by atoms with E-state index in [-0.39, 0.29) is 0 Å². The first-order valence-corrected chi connectivity index (χ1v) is 11.4. The zero-order chi connectivity index (χ0) is 21.3. The number of hydrogen-bond acceptors (Lipinski definition) is 4. The molecule has 2 N–H and O–H groups in total. The fourth-order valence-electron chi connectivity index (χ4n) is 3.95. The molecule has 1 aliphatic rings. The first-order valence-electron chi connectivity index (χ1n) is 11.4. The number of guanidine groups is 1. The van der Waals surface area contributed by atoms with E-state index in [1.165, 1.54) is 56.3 Å². The highest BCUT2D eigenvalue weighted by Crippen LogP contribution is 2.22. The number of rotatable bonds is 8. The van der Waals surface area contributed by atoms with E-state index >= 15 is 0 Å². The Morgan fingerprint density at radius 3 is 2.67 bits per heavy atom. The van der Waals surface area contributed by atoms with E-state index in [1.54, 1.807) is 0 Å². The van der Waals surface area contributed by atoms with Crippen LogP contribution >= 0.6 is 0 Å². The SMILES string of the molecule is CCCCN1CCC(NC(=NCc2cc(N(C)C)nc3ccccc23)NCC)CC1. The first kappa shape index (κ1) is 22.3. The fraction of sp³-hybridized carbons (Fsp3) is 0.583. The summed E-state index contributed by atoms with van der Waals surface area (Å²) in [5.74, 6) is 1.88. The molecule has 1 aromatic carbocycles. The topological polar surface area (TPSA) is 55.8 Å². The number of anilines is 1. The molecule has 3 rings (SSSR count). The summed E-state index contributed by atoms with van der Waals surface area (Å²) in [6.07, 6.45) is 4.93. The van der Waals surface area contributed by atoms with Crippen LogP contribution in [-0.2, 0) is 6.54 Å². The summed E-state index contributed by atoms with van der Waals surface area (Å²) in [6, 6.07) is 11.0. The van der Waals surface area contributed by atoms with E-state index in [1.807, 2.05) is 20.2 Å². The zero-order valence-corrected chi connectivity index (χ0v) is 19.1. The standard InChI is InChI=1S/C24H38N6/c1-5-7-14-30-15-12-20(13-16-30)27-24(25-6-2)26-18-19-17-23(29(3)4)28-22-11-9-8-10-21(19)22/h8-11,17,20H,5-7,12-16,18H2,1-4H3,(H2,25,26,27). The highest BCUT2D eigenvalue weighted by molar-refractivity contribution is 5.85. The normalized spacial score (nSPS) is 16.1. The number of para-hydroxylation sites is 1. The predicted octanol–water partition coefficient (Wildman–Crippen LogP) is 3.62. The second kappa shape index (κ2) is 11.2. The van der Waals surface area contributed by atoms with Crippen molar-refractivity contribution in [2.24, 2.45) is 4.99 Å². The van der Waals surface area contributed by atoms with Gasteiger partial charge in [-0.3, -0.25) is 0 Å². The van der Waals surface area contributed by atoms with Gasteiger partial charge in [-0.05, 0) is 50.4 Å². The Balaban J connectivity index is 1.69. The van der Waals surface area contributed by atoms with Crippen LogP contribution in [0.15, 0.2) is 35.3 Å². The molecule has 0 spiro atoms. The van der Waals surface area contributed by atoms with Crippen molar-refractivity contribution in [1.29, 1.82) is 0 Å². The molecule has 0 bridgehead atoms. The highest BCUT2D eigenvalue weighted by Gasteiger charge is 2.19. The van der Waals surface area contributed by atoms with Crippen LogP contribution in [-0.4, -0.2) is 62.2 Å². The van der Waals surface area contributed by atoms with E-state index in [9.17, 15) is 0 Å².